The molecule has 96 valence electrons. The van der Waals surface area contributed by atoms with Gasteiger partial charge in [-0.2, -0.15) is 0 Å². The van der Waals surface area contributed by atoms with E-state index in [1.54, 1.807) is 0 Å². The van der Waals surface area contributed by atoms with Gasteiger partial charge in [0.05, 0.1) is 6.61 Å². The molecule has 5 atom stereocenters. The maximum atomic E-state index is 11.4. The summed E-state index contributed by atoms with van der Waals surface area (Å²) in [4.78, 5) is 11.4. The van der Waals surface area contributed by atoms with E-state index in [2.05, 4.69) is 0 Å². The van der Waals surface area contributed by atoms with Crippen LogP contribution in [0.25, 0.3) is 0 Å². The fourth-order valence-corrected chi connectivity index (χ4v) is 4.89. The van der Waals surface area contributed by atoms with E-state index in [4.69, 9.17) is 4.74 Å². The average molecular weight is 236 g/mol. The highest BCUT2D eigenvalue weighted by molar-refractivity contribution is 5.69. The number of ether oxygens (including phenoxy) is 1. The van der Waals surface area contributed by atoms with Gasteiger partial charge in [0, 0.05) is 6.42 Å². The minimum absolute atomic E-state index is 0.0131. The molecule has 0 radical (unpaired) electrons. The van der Waals surface area contributed by atoms with Gasteiger partial charge < -0.3 is 4.74 Å². The van der Waals surface area contributed by atoms with Crippen molar-refractivity contribution in [1.29, 1.82) is 0 Å². The lowest BCUT2D eigenvalue weighted by Gasteiger charge is -2.28. The zero-order valence-electron chi connectivity index (χ0n) is 10.9. The van der Waals surface area contributed by atoms with Crippen LogP contribution in [0.5, 0.6) is 0 Å². The van der Waals surface area contributed by atoms with Crippen LogP contribution in [0.2, 0.25) is 0 Å². The van der Waals surface area contributed by atoms with E-state index in [1.807, 2.05) is 6.92 Å². The molecule has 2 bridgehead atoms. The first-order chi connectivity index (χ1) is 8.29. The molecule has 3 aliphatic carbocycles. The summed E-state index contributed by atoms with van der Waals surface area (Å²) in [7, 11) is 0. The Balaban J connectivity index is 1.53. The van der Waals surface area contributed by atoms with Gasteiger partial charge in [-0.15, -0.1) is 0 Å². The first kappa shape index (κ1) is 11.6. The van der Waals surface area contributed by atoms with Crippen LogP contribution in [0.1, 0.15) is 51.9 Å². The van der Waals surface area contributed by atoms with Crippen LogP contribution < -0.4 is 0 Å². The molecular formula is C15H24O2. The minimum atomic E-state index is 0.0131. The van der Waals surface area contributed by atoms with E-state index in [-0.39, 0.29) is 5.97 Å². The van der Waals surface area contributed by atoms with E-state index >= 15 is 0 Å². The fraction of sp³-hybridized carbons (Fsp3) is 0.933. The second-order valence-electron chi connectivity index (χ2n) is 6.34. The number of carbonyl (C=O) groups excluding carboxylic acids is 1. The van der Waals surface area contributed by atoms with Crippen molar-refractivity contribution < 1.29 is 9.53 Å². The zero-order chi connectivity index (χ0) is 11.8. The van der Waals surface area contributed by atoms with Crippen LogP contribution >= 0.6 is 0 Å². The van der Waals surface area contributed by atoms with Crippen LogP contribution in [-0.4, -0.2) is 12.6 Å². The largest absolute Gasteiger partial charge is 0.465 e. The molecule has 0 aromatic rings. The molecule has 3 saturated carbocycles. The van der Waals surface area contributed by atoms with E-state index in [9.17, 15) is 4.79 Å². The van der Waals surface area contributed by atoms with Crippen LogP contribution in [0.3, 0.4) is 0 Å². The smallest absolute Gasteiger partial charge is 0.305 e. The first-order valence-electron chi connectivity index (χ1n) is 7.45. The van der Waals surface area contributed by atoms with Crippen molar-refractivity contribution in [2.75, 3.05) is 6.61 Å². The molecule has 0 saturated heterocycles. The molecule has 17 heavy (non-hydrogen) atoms. The molecule has 0 aromatic heterocycles. The van der Waals surface area contributed by atoms with Crippen LogP contribution in [0, 0.1) is 29.6 Å². The Kier molecular flexibility index (Phi) is 3.14. The van der Waals surface area contributed by atoms with Crippen molar-refractivity contribution in [3.8, 4) is 0 Å². The Morgan fingerprint density at radius 3 is 2.82 bits per heavy atom. The second kappa shape index (κ2) is 4.62. The summed E-state index contributed by atoms with van der Waals surface area (Å²) in [5, 5.41) is 0. The summed E-state index contributed by atoms with van der Waals surface area (Å²) in [6.07, 6.45) is 8.62. The highest BCUT2D eigenvalue weighted by Crippen LogP contribution is 2.60. The van der Waals surface area contributed by atoms with Crippen molar-refractivity contribution >= 4 is 5.97 Å². The highest BCUT2D eigenvalue weighted by Gasteiger charge is 2.53. The third-order valence-electron chi connectivity index (χ3n) is 5.49. The molecule has 3 rings (SSSR count). The van der Waals surface area contributed by atoms with Crippen molar-refractivity contribution in [3.05, 3.63) is 0 Å². The fourth-order valence-electron chi connectivity index (χ4n) is 4.89. The number of carbonyl (C=O) groups is 1. The quantitative estimate of drug-likeness (QED) is 0.699. The standard InChI is InChI=1S/C15H24O2/c1-2-3-14(16)17-9-12-6-7-13-10-4-5-11(8-10)15(12)13/h10-13,15H,2-9H2,1H3. The minimum Gasteiger partial charge on any atom is -0.465 e. The van der Waals surface area contributed by atoms with E-state index in [0.29, 0.717) is 18.9 Å². The van der Waals surface area contributed by atoms with Gasteiger partial charge in [0.15, 0.2) is 0 Å². The van der Waals surface area contributed by atoms with Crippen molar-refractivity contribution in [3.63, 3.8) is 0 Å². The maximum Gasteiger partial charge on any atom is 0.305 e. The van der Waals surface area contributed by atoms with E-state index in [0.717, 1.165) is 30.1 Å². The third-order valence-corrected chi connectivity index (χ3v) is 5.49. The van der Waals surface area contributed by atoms with Gasteiger partial charge in [0.1, 0.15) is 0 Å². The predicted octanol–water partition coefficient (Wildman–Crippen LogP) is 3.40. The lowest BCUT2D eigenvalue weighted by atomic mass is 9.78. The van der Waals surface area contributed by atoms with Crippen molar-refractivity contribution in [2.45, 2.75) is 51.9 Å². The van der Waals surface area contributed by atoms with Gasteiger partial charge >= 0.3 is 5.97 Å². The molecule has 0 N–H and O–H groups in total. The molecule has 3 aliphatic rings. The maximum absolute atomic E-state index is 11.4. The monoisotopic (exact) mass is 236 g/mol. The molecule has 0 amide bonds. The number of hydrogen-bond donors (Lipinski definition) is 0. The van der Waals surface area contributed by atoms with Gasteiger partial charge in [-0.05, 0) is 68.1 Å². The topological polar surface area (TPSA) is 26.3 Å². The summed E-state index contributed by atoms with van der Waals surface area (Å²) in [5.74, 6) is 4.60. The van der Waals surface area contributed by atoms with Gasteiger partial charge in [0.2, 0.25) is 0 Å². The summed E-state index contributed by atoms with van der Waals surface area (Å²) in [6, 6.07) is 0. The Hall–Kier alpha value is -0.530. The molecule has 2 nitrogen and oxygen atoms in total. The van der Waals surface area contributed by atoms with Crippen molar-refractivity contribution in [2.24, 2.45) is 29.6 Å². The lowest BCUT2D eigenvalue weighted by Crippen LogP contribution is -2.25. The molecule has 0 aromatic carbocycles. The molecule has 2 heteroatoms. The number of hydrogen-bond acceptors (Lipinski definition) is 2. The van der Waals surface area contributed by atoms with Gasteiger partial charge in [0.25, 0.3) is 0 Å². The summed E-state index contributed by atoms with van der Waals surface area (Å²) in [6.45, 7) is 2.74. The Bertz CT molecular complexity index is 299. The molecular weight excluding hydrogens is 212 g/mol. The highest BCUT2D eigenvalue weighted by atomic mass is 16.5. The normalized spacial score (nSPS) is 42.8. The SMILES string of the molecule is CCCC(=O)OCC1CCC2C3CCC(C3)C12. The Morgan fingerprint density at radius 1 is 1.18 bits per heavy atom. The number of esters is 1. The molecule has 3 fully saturated rings. The van der Waals surface area contributed by atoms with Crippen LogP contribution in [0.15, 0.2) is 0 Å². The molecule has 0 spiro atoms. The third kappa shape index (κ3) is 2.00. The molecule has 5 unspecified atom stereocenters. The van der Waals surface area contributed by atoms with E-state index in [1.165, 1.54) is 32.1 Å². The van der Waals surface area contributed by atoms with Gasteiger partial charge in [-0.1, -0.05) is 6.92 Å². The first-order valence-corrected chi connectivity index (χ1v) is 7.45. The predicted molar refractivity (Wildman–Crippen MR) is 66.4 cm³/mol. The van der Waals surface area contributed by atoms with Crippen LogP contribution in [-0.2, 0) is 9.53 Å². The summed E-state index contributed by atoms with van der Waals surface area (Å²) < 4.78 is 5.44. The van der Waals surface area contributed by atoms with Crippen LogP contribution in [0.4, 0.5) is 0 Å². The second-order valence-corrected chi connectivity index (χ2v) is 6.34. The number of fused-ring (bicyclic) bond motifs is 5. The molecule has 0 heterocycles. The average Bonchev–Trinajstić information content (AvgIpc) is 3.00. The van der Waals surface area contributed by atoms with Crippen molar-refractivity contribution in [1.82, 2.24) is 0 Å². The summed E-state index contributed by atoms with van der Waals surface area (Å²) in [5.41, 5.74) is 0. The van der Waals surface area contributed by atoms with Gasteiger partial charge in [-0.25, -0.2) is 0 Å². The van der Waals surface area contributed by atoms with Gasteiger partial charge in [-0.3, -0.25) is 4.79 Å². The zero-order valence-corrected chi connectivity index (χ0v) is 10.9. The van der Waals surface area contributed by atoms with E-state index < -0.39 is 0 Å². The number of rotatable bonds is 4. The summed E-state index contributed by atoms with van der Waals surface area (Å²) >= 11 is 0. The lowest BCUT2D eigenvalue weighted by molar-refractivity contribution is -0.145. The Labute approximate surface area is 104 Å². The Morgan fingerprint density at radius 2 is 2.00 bits per heavy atom. The molecule has 0 aliphatic heterocycles.